The van der Waals surface area contributed by atoms with Gasteiger partial charge in [0.15, 0.2) is 0 Å². The van der Waals surface area contributed by atoms with Gasteiger partial charge in [0, 0.05) is 11.8 Å². The summed E-state index contributed by atoms with van der Waals surface area (Å²) in [6.45, 7) is 1.80. The Balaban J connectivity index is 3.09. The Bertz CT molecular complexity index is 355. The highest BCUT2D eigenvalue weighted by Crippen LogP contribution is 2.24. The van der Waals surface area contributed by atoms with Crippen LogP contribution in [-0.2, 0) is 11.2 Å². The predicted octanol–water partition coefficient (Wildman–Crippen LogP) is 2.47. The van der Waals surface area contributed by atoms with Crippen molar-refractivity contribution >= 4 is 23.4 Å². The largest absolute Gasteiger partial charge is 0.481 e. The van der Waals surface area contributed by atoms with Crippen molar-refractivity contribution in [2.45, 2.75) is 13.3 Å². The molecule has 1 rings (SSSR count). The molecule has 0 fully saturated rings. The lowest BCUT2D eigenvalue weighted by atomic mass is 10.1. The Labute approximate surface area is 85.8 Å². The summed E-state index contributed by atoms with van der Waals surface area (Å²) in [6, 6.07) is 4.70. The first-order valence-corrected chi connectivity index (χ1v) is 4.27. The molecule has 0 unspecified atom stereocenters. The van der Waals surface area contributed by atoms with Gasteiger partial charge in [-0.25, -0.2) is 0 Å². The topological polar surface area (TPSA) is 40.5 Å². The van der Waals surface area contributed by atoms with Crippen LogP contribution < -0.4 is 4.64 Å². The zero-order chi connectivity index (χ0) is 10.7. The molecule has 0 amide bonds. The molecule has 0 aromatic heterocycles. The molecule has 0 atom stereocenters. The van der Waals surface area contributed by atoms with E-state index in [1.165, 1.54) is 6.07 Å². The minimum atomic E-state index is -1.02. The number of hydrogen-bond acceptors (Lipinski definition) is 2. The van der Waals surface area contributed by atoms with Crippen molar-refractivity contribution in [3.05, 3.63) is 29.3 Å². The second-order valence-electron chi connectivity index (χ2n) is 2.94. The summed E-state index contributed by atoms with van der Waals surface area (Å²) in [6.07, 6.45) is -0.246. The van der Waals surface area contributed by atoms with Gasteiger partial charge >= 0.3 is 5.97 Å². The standard InChI is InChI=1S/C9H9ClFNO2/c1-6-2-3-8(12(10)11)7(4-6)5-9(13)14/h2-4H,5H2,1H3,(H,13,14). The van der Waals surface area contributed by atoms with Crippen molar-refractivity contribution in [3.8, 4) is 0 Å². The molecule has 3 nitrogen and oxygen atoms in total. The van der Waals surface area contributed by atoms with Crippen molar-refractivity contribution in [2.24, 2.45) is 0 Å². The molecule has 1 aromatic carbocycles. The number of hydrogen-bond donors (Lipinski definition) is 1. The van der Waals surface area contributed by atoms with E-state index in [1.54, 1.807) is 19.1 Å². The maximum Gasteiger partial charge on any atom is 0.307 e. The Morgan fingerprint density at radius 2 is 2.29 bits per heavy atom. The quantitative estimate of drug-likeness (QED) is 0.791. The highest BCUT2D eigenvalue weighted by atomic mass is 35.5. The van der Waals surface area contributed by atoms with E-state index >= 15 is 0 Å². The summed E-state index contributed by atoms with van der Waals surface area (Å²) in [4.78, 5) is 10.5. The number of benzene rings is 1. The van der Waals surface area contributed by atoms with Gasteiger partial charge in [-0.05, 0) is 18.6 Å². The molecule has 0 aliphatic heterocycles. The van der Waals surface area contributed by atoms with Gasteiger partial charge in [-0.15, -0.1) is 4.64 Å². The second kappa shape index (κ2) is 4.28. The first-order valence-electron chi connectivity index (χ1n) is 3.93. The van der Waals surface area contributed by atoms with Gasteiger partial charge in [0.25, 0.3) is 0 Å². The lowest BCUT2D eigenvalue weighted by Gasteiger charge is -2.09. The number of carboxylic acid groups (broad SMARTS) is 1. The van der Waals surface area contributed by atoms with Gasteiger partial charge < -0.3 is 5.11 Å². The number of nitrogens with zero attached hydrogens (tertiary/aromatic N) is 1. The maximum atomic E-state index is 12.7. The highest BCUT2D eigenvalue weighted by Gasteiger charge is 2.11. The minimum Gasteiger partial charge on any atom is -0.481 e. The van der Waals surface area contributed by atoms with E-state index in [2.05, 4.69) is 0 Å². The van der Waals surface area contributed by atoms with E-state index in [9.17, 15) is 9.28 Å². The molecular formula is C9H9ClFNO2. The summed E-state index contributed by atoms with van der Waals surface area (Å²) in [5.41, 5.74) is 1.29. The minimum absolute atomic E-state index is 0.0691. The van der Waals surface area contributed by atoms with Gasteiger partial charge in [0.2, 0.25) is 0 Å². The summed E-state index contributed by atoms with van der Waals surface area (Å²) in [5.74, 6) is -1.02. The van der Waals surface area contributed by atoms with Crippen LogP contribution in [0.2, 0.25) is 0 Å². The monoisotopic (exact) mass is 217 g/mol. The Hall–Kier alpha value is -1.29. The third-order valence-corrected chi connectivity index (χ3v) is 1.94. The average molecular weight is 218 g/mol. The van der Waals surface area contributed by atoms with E-state index < -0.39 is 5.97 Å². The number of rotatable bonds is 3. The molecular weight excluding hydrogens is 209 g/mol. The fraction of sp³-hybridized carbons (Fsp3) is 0.222. The Morgan fingerprint density at radius 3 is 2.79 bits per heavy atom. The summed E-state index contributed by atoms with van der Waals surface area (Å²) < 4.78 is 12.6. The summed E-state index contributed by atoms with van der Waals surface area (Å²) >= 11 is 5.12. The van der Waals surface area contributed by atoms with Crippen LogP contribution in [0, 0.1) is 6.92 Å². The molecule has 0 spiro atoms. The zero-order valence-electron chi connectivity index (χ0n) is 7.50. The van der Waals surface area contributed by atoms with Gasteiger partial charge in [0.1, 0.15) is 0 Å². The molecule has 0 bridgehead atoms. The lowest BCUT2D eigenvalue weighted by Crippen LogP contribution is -2.05. The van der Waals surface area contributed by atoms with Gasteiger partial charge in [0.05, 0.1) is 12.1 Å². The van der Waals surface area contributed by atoms with Crippen LogP contribution in [0.4, 0.5) is 10.2 Å². The van der Waals surface area contributed by atoms with Crippen LogP contribution in [-0.4, -0.2) is 11.1 Å². The van der Waals surface area contributed by atoms with E-state index in [4.69, 9.17) is 16.9 Å². The molecule has 0 saturated carbocycles. The van der Waals surface area contributed by atoms with Crippen LogP contribution in [0.15, 0.2) is 18.2 Å². The maximum absolute atomic E-state index is 12.7. The second-order valence-corrected chi connectivity index (χ2v) is 3.23. The van der Waals surface area contributed by atoms with E-state index in [1.807, 2.05) is 0 Å². The van der Waals surface area contributed by atoms with Crippen LogP contribution in [0.25, 0.3) is 0 Å². The number of aliphatic carboxylic acids is 1. The first-order chi connectivity index (χ1) is 6.50. The van der Waals surface area contributed by atoms with Crippen LogP contribution >= 0.6 is 11.8 Å². The number of carbonyl (C=O) groups is 1. The molecule has 0 aliphatic carbocycles. The summed E-state index contributed by atoms with van der Waals surface area (Å²) in [7, 11) is 0. The fourth-order valence-electron chi connectivity index (χ4n) is 1.18. The molecule has 0 saturated heterocycles. The molecule has 1 N–H and O–H groups in total. The van der Waals surface area contributed by atoms with Crippen LogP contribution in [0.5, 0.6) is 0 Å². The van der Waals surface area contributed by atoms with E-state index in [0.29, 0.717) is 5.56 Å². The molecule has 0 aliphatic rings. The molecule has 76 valence electrons. The number of anilines is 1. The normalized spacial score (nSPS) is 9.93. The smallest absolute Gasteiger partial charge is 0.307 e. The average Bonchev–Trinajstić information content (AvgIpc) is 2.01. The Morgan fingerprint density at radius 1 is 1.64 bits per heavy atom. The van der Waals surface area contributed by atoms with Gasteiger partial charge in [-0.2, -0.15) is 0 Å². The van der Waals surface area contributed by atoms with E-state index in [0.717, 1.165) is 5.56 Å². The highest BCUT2D eigenvalue weighted by molar-refractivity contribution is 6.24. The lowest BCUT2D eigenvalue weighted by molar-refractivity contribution is -0.136. The molecule has 14 heavy (non-hydrogen) atoms. The first kappa shape index (κ1) is 10.8. The third-order valence-electron chi connectivity index (χ3n) is 1.76. The summed E-state index contributed by atoms with van der Waals surface area (Å²) in [5, 5.41) is 8.58. The molecule has 5 heteroatoms. The predicted molar refractivity (Wildman–Crippen MR) is 52.0 cm³/mol. The van der Waals surface area contributed by atoms with Gasteiger partial charge in [-0.3, -0.25) is 4.79 Å². The zero-order valence-corrected chi connectivity index (χ0v) is 8.25. The van der Waals surface area contributed by atoms with Crippen molar-refractivity contribution in [1.82, 2.24) is 0 Å². The molecule has 0 radical (unpaired) electrons. The van der Waals surface area contributed by atoms with Crippen molar-refractivity contribution in [2.75, 3.05) is 4.64 Å². The number of carboxylic acids is 1. The third kappa shape index (κ3) is 2.60. The molecule has 1 aromatic rings. The number of halogens is 2. The SMILES string of the molecule is Cc1ccc(N(F)Cl)c(CC(=O)O)c1. The van der Waals surface area contributed by atoms with Crippen molar-refractivity contribution in [3.63, 3.8) is 0 Å². The number of aryl methyl sites for hydroxylation is 1. The van der Waals surface area contributed by atoms with E-state index in [-0.39, 0.29) is 16.7 Å². The van der Waals surface area contributed by atoms with Crippen molar-refractivity contribution < 1.29 is 14.4 Å². The fourth-order valence-corrected chi connectivity index (χ4v) is 1.35. The van der Waals surface area contributed by atoms with Crippen LogP contribution in [0.3, 0.4) is 0 Å². The van der Waals surface area contributed by atoms with Gasteiger partial charge in [-0.1, -0.05) is 22.2 Å². The Kier molecular flexibility index (Phi) is 3.30. The van der Waals surface area contributed by atoms with Crippen LogP contribution in [0.1, 0.15) is 11.1 Å². The molecule has 0 heterocycles. The van der Waals surface area contributed by atoms with Crippen molar-refractivity contribution in [1.29, 1.82) is 0 Å².